The molecule has 3 N–H and O–H groups in total. The van der Waals surface area contributed by atoms with Crippen LogP contribution in [0.2, 0.25) is 5.15 Å². The van der Waals surface area contributed by atoms with E-state index in [1.54, 1.807) is 30.5 Å². The van der Waals surface area contributed by atoms with Gasteiger partial charge in [0.25, 0.3) is 5.91 Å². The molecule has 2 rings (SSSR count). The minimum absolute atomic E-state index is 0.227. The standard InChI is InChI=1S/C14H14ClN3O2/c1-8-6-10(13(15)17-7-8)18-14(19)9-4-3-5-11(20-2)12(9)16/h3-7H,16H2,1-2H3,(H,18,19). The molecule has 20 heavy (non-hydrogen) atoms. The highest BCUT2D eigenvalue weighted by molar-refractivity contribution is 6.32. The second-order valence-corrected chi connectivity index (χ2v) is 4.58. The number of nitrogen functional groups attached to an aromatic ring is 1. The van der Waals surface area contributed by atoms with Crippen LogP contribution in [0.1, 0.15) is 15.9 Å². The molecule has 0 fully saturated rings. The van der Waals surface area contributed by atoms with Crippen molar-refractivity contribution < 1.29 is 9.53 Å². The van der Waals surface area contributed by atoms with Crippen LogP contribution in [0.15, 0.2) is 30.5 Å². The van der Waals surface area contributed by atoms with Gasteiger partial charge in [0.1, 0.15) is 5.75 Å². The van der Waals surface area contributed by atoms with Gasteiger partial charge in [-0.15, -0.1) is 0 Å². The summed E-state index contributed by atoms with van der Waals surface area (Å²) in [6, 6.07) is 6.74. The Morgan fingerprint density at radius 3 is 2.90 bits per heavy atom. The Bertz CT molecular complexity index is 659. The van der Waals surface area contributed by atoms with Crippen molar-refractivity contribution in [1.82, 2.24) is 4.98 Å². The van der Waals surface area contributed by atoms with Gasteiger partial charge < -0.3 is 15.8 Å². The van der Waals surface area contributed by atoms with Crippen LogP contribution in [0.3, 0.4) is 0 Å². The Hall–Kier alpha value is -2.27. The molecule has 0 bridgehead atoms. The number of aromatic nitrogens is 1. The smallest absolute Gasteiger partial charge is 0.257 e. The first-order chi connectivity index (χ1) is 9.52. The number of hydrogen-bond acceptors (Lipinski definition) is 4. The van der Waals surface area contributed by atoms with E-state index in [0.29, 0.717) is 17.0 Å². The van der Waals surface area contributed by atoms with Crippen molar-refractivity contribution >= 4 is 28.9 Å². The number of carbonyl (C=O) groups is 1. The van der Waals surface area contributed by atoms with Crippen molar-refractivity contribution in [3.05, 3.63) is 46.7 Å². The molecule has 0 saturated carbocycles. The third-order valence-corrected chi connectivity index (χ3v) is 3.06. The lowest BCUT2D eigenvalue weighted by Crippen LogP contribution is -2.15. The largest absolute Gasteiger partial charge is 0.495 e. The van der Waals surface area contributed by atoms with E-state index >= 15 is 0 Å². The number of ether oxygens (including phenoxy) is 1. The monoisotopic (exact) mass is 291 g/mol. The van der Waals surface area contributed by atoms with E-state index < -0.39 is 0 Å². The van der Waals surface area contributed by atoms with Gasteiger partial charge in [0.15, 0.2) is 5.15 Å². The maximum Gasteiger partial charge on any atom is 0.257 e. The first kappa shape index (κ1) is 14.1. The number of para-hydroxylation sites is 1. The van der Waals surface area contributed by atoms with Gasteiger partial charge in [-0.2, -0.15) is 0 Å². The van der Waals surface area contributed by atoms with Gasteiger partial charge in [-0.25, -0.2) is 4.98 Å². The normalized spacial score (nSPS) is 10.2. The van der Waals surface area contributed by atoms with E-state index in [1.807, 2.05) is 6.92 Å². The van der Waals surface area contributed by atoms with Crippen LogP contribution >= 0.6 is 11.6 Å². The lowest BCUT2D eigenvalue weighted by Gasteiger charge is -2.11. The van der Waals surface area contributed by atoms with E-state index in [1.165, 1.54) is 7.11 Å². The zero-order chi connectivity index (χ0) is 14.7. The molecule has 0 unspecified atom stereocenters. The summed E-state index contributed by atoms with van der Waals surface area (Å²) in [6.07, 6.45) is 1.62. The molecule has 0 atom stereocenters. The predicted octanol–water partition coefficient (Wildman–Crippen LogP) is 2.89. The van der Waals surface area contributed by atoms with E-state index in [-0.39, 0.29) is 16.7 Å². The summed E-state index contributed by atoms with van der Waals surface area (Å²) in [5.74, 6) is 0.0850. The number of pyridine rings is 1. The lowest BCUT2D eigenvalue weighted by atomic mass is 10.1. The highest BCUT2D eigenvalue weighted by atomic mass is 35.5. The summed E-state index contributed by atoms with van der Waals surface area (Å²) in [6.45, 7) is 1.86. The fourth-order valence-corrected chi connectivity index (χ4v) is 1.90. The van der Waals surface area contributed by atoms with Crippen molar-refractivity contribution in [2.24, 2.45) is 0 Å². The van der Waals surface area contributed by atoms with Gasteiger partial charge in [0.2, 0.25) is 0 Å². The summed E-state index contributed by atoms with van der Waals surface area (Å²) in [7, 11) is 1.49. The highest BCUT2D eigenvalue weighted by Crippen LogP contribution is 2.26. The maximum atomic E-state index is 12.2. The second kappa shape index (κ2) is 5.79. The Labute approximate surface area is 121 Å². The Balaban J connectivity index is 2.31. The van der Waals surface area contributed by atoms with E-state index in [9.17, 15) is 4.79 Å². The molecule has 6 heteroatoms. The van der Waals surface area contributed by atoms with Crippen molar-refractivity contribution in [2.45, 2.75) is 6.92 Å². The van der Waals surface area contributed by atoms with Crippen LogP contribution in [0, 0.1) is 6.92 Å². The zero-order valence-electron chi connectivity index (χ0n) is 11.1. The van der Waals surface area contributed by atoms with Crippen LogP contribution in [0.5, 0.6) is 5.75 Å². The van der Waals surface area contributed by atoms with E-state index in [0.717, 1.165) is 5.56 Å². The number of aryl methyl sites for hydroxylation is 1. The highest BCUT2D eigenvalue weighted by Gasteiger charge is 2.14. The van der Waals surface area contributed by atoms with Gasteiger partial charge >= 0.3 is 0 Å². The number of carbonyl (C=O) groups excluding carboxylic acids is 1. The number of methoxy groups -OCH3 is 1. The van der Waals surface area contributed by atoms with Crippen molar-refractivity contribution in [1.29, 1.82) is 0 Å². The third-order valence-electron chi connectivity index (χ3n) is 2.75. The average Bonchev–Trinajstić information content (AvgIpc) is 2.43. The summed E-state index contributed by atoms with van der Waals surface area (Å²) >= 11 is 5.94. The summed E-state index contributed by atoms with van der Waals surface area (Å²) in [4.78, 5) is 16.2. The fraction of sp³-hybridized carbons (Fsp3) is 0.143. The molecular formula is C14H14ClN3O2. The van der Waals surface area contributed by atoms with Crippen LogP contribution in [-0.2, 0) is 0 Å². The Kier molecular flexibility index (Phi) is 4.10. The first-order valence-electron chi connectivity index (χ1n) is 5.89. The van der Waals surface area contributed by atoms with Gasteiger partial charge in [-0.05, 0) is 30.7 Å². The molecule has 1 aromatic heterocycles. The summed E-state index contributed by atoms with van der Waals surface area (Å²) in [5.41, 5.74) is 7.82. The molecule has 0 aliphatic heterocycles. The topological polar surface area (TPSA) is 77.2 Å². The molecule has 1 heterocycles. The van der Waals surface area contributed by atoms with Crippen molar-refractivity contribution in [2.75, 3.05) is 18.2 Å². The quantitative estimate of drug-likeness (QED) is 0.673. The van der Waals surface area contributed by atoms with Crippen LogP contribution < -0.4 is 15.8 Å². The lowest BCUT2D eigenvalue weighted by molar-refractivity contribution is 0.102. The molecule has 5 nitrogen and oxygen atoms in total. The third kappa shape index (κ3) is 2.83. The zero-order valence-corrected chi connectivity index (χ0v) is 11.9. The van der Waals surface area contributed by atoms with Crippen molar-refractivity contribution in [3.8, 4) is 5.75 Å². The molecule has 104 valence electrons. The number of halogens is 1. The number of nitrogens with two attached hydrogens (primary N) is 1. The van der Waals surface area contributed by atoms with E-state index in [2.05, 4.69) is 10.3 Å². The minimum Gasteiger partial charge on any atom is -0.495 e. The first-order valence-corrected chi connectivity index (χ1v) is 6.26. The maximum absolute atomic E-state index is 12.2. The molecular weight excluding hydrogens is 278 g/mol. The molecule has 1 amide bonds. The molecule has 0 saturated heterocycles. The number of hydrogen-bond donors (Lipinski definition) is 2. The van der Waals surface area contributed by atoms with E-state index in [4.69, 9.17) is 22.1 Å². The van der Waals surface area contributed by atoms with Gasteiger partial charge in [-0.3, -0.25) is 4.79 Å². The SMILES string of the molecule is COc1cccc(C(=O)Nc2cc(C)cnc2Cl)c1N. The van der Waals surface area contributed by atoms with Gasteiger partial charge in [0.05, 0.1) is 24.0 Å². The second-order valence-electron chi connectivity index (χ2n) is 4.23. The van der Waals surface area contributed by atoms with Gasteiger partial charge in [0, 0.05) is 6.20 Å². The molecule has 0 radical (unpaired) electrons. The molecule has 0 spiro atoms. The number of benzene rings is 1. The number of nitrogens with zero attached hydrogens (tertiary/aromatic N) is 1. The van der Waals surface area contributed by atoms with Crippen LogP contribution in [0.4, 0.5) is 11.4 Å². The van der Waals surface area contributed by atoms with Gasteiger partial charge in [-0.1, -0.05) is 17.7 Å². The number of amides is 1. The van der Waals surface area contributed by atoms with Crippen LogP contribution in [-0.4, -0.2) is 18.0 Å². The van der Waals surface area contributed by atoms with Crippen molar-refractivity contribution in [3.63, 3.8) is 0 Å². The Morgan fingerprint density at radius 2 is 2.20 bits per heavy atom. The van der Waals surface area contributed by atoms with Crippen LogP contribution in [0.25, 0.3) is 0 Å². The number of nitrogens with one attached hydrogen (secondary N) is 1. The predicted molar refractivity (Wildman–Crippen MR) is 79.3 cm³/mol. The fourth-order valence-electron chi connectivity index (χ4n) is 1.75. The Morgan fingerprint density at radius 1 is 1.45 bits per heavy atom. The number of rotatable bonds is 3. The minimum atomic E-state index is -0.365. The molecule has 1 aromatic carbocycles. The summed E-state index contributed by atoms with van der Waals surface area (Å²) in [5, 5.41) is 2.92. The molecule has 2 aromatic rings. The molecule has 0 aliphatic rings. The number of anilines is 2. The average molecular weight is 292 g/mol. The summed E-state index contributed by atoms with van der Waals surface area (Å²) < 4.78 is 5.09. The molecule has 0 aliphatic carbocycles.